The molecule has 0 aliphatic carbocycles. The molecule has 8 nitrogen and oxygen atoms in total. The summed E-state index contributed by atoms with van der Waals surface area (Å²) in [4.78, 5) is 23.4. The number of carbonyl (C=O) groups excluding carboxylic acids is 2. The summed E-state index contributed by atoms with van der Waals surface area (Å²) in [6, 6.07) is -1.36. The van der Waals surface area contributed by atoms with Crippen molar-refractivity contribution in [3.05, 3.63) is 0 Å². The highest BCUT2D eigenvalue weighted by Gasteiger charge is 2.31. The van der Waals surface area contributed by atoms with Gasteiger partial charge in [0.2, 0.25) is 10.0 Å². The first-order valence-electron chi connectivity index (χ1n) is 6.74. The molecule has 0 saturated heterocycles. The zero-order valence-corrected chi connectivity index (χ0v) is 15.0. The molecule has 0 aliphatic heterocycles. The lowest BCUT2D eigenvalue weighted by Crippen LogP contribution is -2.51. The van der Waals surface area contributed by atoms with Crippen LogP contribution in [0.5, 0.6) is 0 Å². The Morgan fingerprint density at radius 3 is 1.95 bits per heavy atom. The maximum atomic E-state index is 12.0. The summed E-state index contributed by atoms with van der Waals surface area (Å²) in [5.74, 6) is -1.51. The highest BCUT2D eigenvalue weighted by atomic mass is 32.2. The number of amides is 1. The summed E-state index contributed by atoms with van der Waals surface area (Å²) in [5.41, 5.74) is -1.47. The van der Waals surface area contributed by atoms with E-state index < -0.39 is 45.0 Å². The molecule has 0 bridgehead atoms. The standard InChI is InChI=1S/C13H26N2O6S/c1-12(2,3)15-22(18,19)8-9(10(16)20-7)14-11(17)21-13(4,5)6/h9,15H,8H2,1-7H3,(H,14,17). The molecule has 1 unspecified atom stereocenters. The maximum Gasteiger partial charge on any atom is 0.408 e. The van der Waals surface area contributed by atoms with Gasteiger partial charge in [0.1, 0.15) is 11.6 Å². The largest absolute Gasteiger partial charge is 0.467 e. The van der Waals surface area contributed by atoms with E-state index in [0.29, 0.717) is 0 Å². The van der Waals surface area contributed by atoms with Gasteiger partial charge in [0, 0.05) is 5.54 Å². The van der Waals surface area contributed by atoms with Gasteiger partial charge in [-0.15, -0.1) is 0 Å². The van der Waals surface area contributed by atoms with E-state index in [1.165, 1.54) is 0 Å². The number of alkyl carbamates (subject to hydrolysis) is 1. The van der Waals surface area contributed by atoms with Gasteiger partial charge in [0.25, 0.3) is 0 Å². The van der Waals surface area contributed by atoms with Gasteiger partial charge in [0.05, 0.1) is 12.9 Å². The number of sulfonamides is 1. The number of ether oxygens (including phenoxy) is 2. The quantitative estimate of drug-likeness (QED) is 0.716. The molecular weight excluding hydrogens is 312 g/mol. The average Bonchev–Trinajstić information content (AvgIpc) is 2.20. The molecule has 22 heavy (non-hydrogen) atoms. The van der Waals surface area contributed by atoms with Crippen molar-refractivity contribution in [1.29, 1.82) is 0 Å². The van der Waals surface area contributed by atoms with Gasteiger partial charge in [-0.05, 0) is 41.5 Å². The Kier molecular flexibility index (Phi) is 6.83. The van der Waals surface area contributed by atoms with Crippen LogP contribution < -0.4 is 10.0 Å². The van der Waals surface area contributed by atoms with E-state index in [2.05, 4.69) is 14.8 Å². The van der Waals surface area contributed by atoms with Crippen molar-refractivity contribution in [2.24, 2.45) is 0 Å². The first kappa shape index (κ1) is 20.6. The molecule has 0 aromatic heterocycles. The van der Waals surface area contributed by atoms with Crippen LogP contribution in [-0.2, 0) is 24.3 Å². The fraction of sp³-hybridized carbons (Fsp3) is 0.846. The number of rotatable bonds is 5. The van der Waals surface area contributed by atoms with Crippen LogP contribution in [0.4, 0.5) is 4.79 Å². The van der Waals surface area contributed by atoms with Gasteiger partial charge in [-0.25, -0.2) is 22.7 Å². The van der Waals surface area contributed by atoms with Crippen molar-refractivity contribution >= 4 is 22.1 Å². The molecule has 0 spiro atoms. The van der Waals surface area contributed by atoms with Crippen LogP contribution in [0.3, 0.4) is 0 Å². The lowest BCUT2D eigenvalue weighted by atomic mass is 10.1. The van der Waals surface area contributed by atoms with E-state index in [0.717, 1.165) is 7.11 Å². The van der Waals surface area contributed by atoms with Crippen LogP contribution in [0.15, 0.2) is 0 Å². The fourth-order valence-electron chi connectivity index (χ4n) is 1.49. The molecule has 0 saturated carbocycles. The monoisotopic (exact) mass is 338 g/mol. The van der Waals surface area contributed by atoms with Gasteiger partial charge in [-0.2, -0.15) is 0 Å². The van der Waals surface area contributed by atoms with E-state index in [4.69, 9.17) is 4.74 Å². The molecule has 0 rings (SSSR count). The molecule has 2 N–H and O–H groups in total. The molecule has 0 aromatic rings. The van der Waals surface area contributed by atoms with E-state index >= 15 is 0 Å². The first-order chi connectivity index (χ1) is 9.65. The number of carbonyl (C=O) groups is 2. The number of nitrogens with one attached hydrogen (secondary N) is 2. The molecule has 0 heterocycles. The molecule has 0 fully saturated rings. The van der Waals surface area contributed by atoms with Crippen molar-refractivity contribution in [2.45, 2.75) is 58.7 Å². The predicted molar refractivity (Wildman–Crippen MR) is 81.8 cm³/mol. The van der Waals surface area contributed by atoms with E-state index in [9.17, 15) is 18.0 Å². The smallest absolute Gasteiger partial charge is 0.408 e. The van der Waals surface area contributed by atoms with Crippen molar-refractivity contribution in [2.75, 3.05) is 12.9 Å². The molecule has 1 atom stereocenters. The van der Waals surface area contributed by atoms with E-state index in [-0.39, 0.29) is 0 Å². The zero-order valence-electron chi connectivity index (χ0n) is 14.1. The molecule has 0 aromatic carbocycles. The van der Waals surface area contributed by atoms with Crippen LogP contribution in [-0.4, -0.2) is 50.5 Å². The minimum atomic E-state index is -3.80. The van der Waals surface area contributed by atoms with Crippen molar-refractivity contribution < 1.29 is 27.5 Å². The van der Waals surface area contributed by atoms with Gasteiger partial charge >= 0.3 is 12.1 Å². The highest BCUT2D eigenvalue weighted by Crippen LogP contribution is 2.08. The van der Waals surface area contributed by atoms with Crippen LogP contribution in [0, 0.1) is 0 Å². The van der Waals surface area contributed by atoms with Crippen LogP contribution in [0.2, 0.25) is 0 Å². The summed E-state index contributed by atoms with van der Waals surface area (Å²) in [7, 11) is -2.70. The number of methoxy groups -OCH3 is 1. The summed E-state index contributed by atoms with van der Waals surface area (Å²) < 4.78 is 36.0. The molecule has 130 valence electrons. The van der Waals surface area contributed by atoms with E-state index in [1.807, 2.05) is 0 Å². The summed E-state index contributed by atoms with van der Waals surface area (Å²) in [6.45, 7) is 9.95. The third kappa shape index (κ3) is 9.56. The average molecular weight is 338 g/mol. The third-order valence-corrected chi connectivity index (χ3v) is 3.72. The topological polar surface area (TPSA) is 111 Å². The summed E-state index contributed by atoms with van der Waals surface area (Å²) in [6.07, 6.45) is -0.895. The van der Waals surface area contributed by atoms with E-state index in [1.54, 1.807) is 41.5 Å². The van der Waals surface area contributed by atoms with Crippen molar-refractivity contribution in [3.63, 3.8) is 0 Å². The first-order valence-corrected chi connectivity index (χ1v) is 8.39. The Labute approximate surface area is 132 Å². The molecule has 1 amide bonds. The lowest BCUT2D eigenvalue weighted by Gasteiger charge is -2.24. The molecule has 0 aliphatic rings. The number of hydrogen-bond donors (Lipinski definition) is 2. The van der Waals surface area contributed by atoms with Gasteiger partial charge in [-0.3, -0.25) is 0 Å². The minimum absolute atomic E-state index is 0.643. The fourth-order valence-corrected chi connectivity index (χ4v) is 3.16. The second-order valence-corrected chi connectivity index (χ2v) is 8.62. The third-order valence-electron chi connectivity index (χ3n) is 2.02. The molecular formula is C13H26N2O6S. The zero-order chi connectivity index (χ0) is 17.8. The highest BCUT2D eigenvalue weighted by molar-refractivity contribution is 7.89. The SMILES string of the molecule is COC(=O)C(CS(=O)(=O)NC(C)(C)C)NC(=O)OC(C)(C)C. The Morgan fingerprint density at radius 1 is 1.09 bits per heavy atom. The van der Waals surface area contributed by atoms with Crippen molar-refractivity contribution in [1.82, 2.24) is 10.0 Å². The molecule has 9 heteroatoms. The van der Waals surface area contributed by atoms with Crippen molar-refractivity contribution in [3.8, 4) is 0 Å². The minimum Gasteiger partial charge on any atom is -0.467 e. The normalized spacial score (nSPS) is 14.1. The second-order valence-electron chi connectivity index (χ2n) is 6.86. The molecule has 0 radical (unpaired) electrons. The maximum absolute atomic E-state index is 12.0. The Hall–Kier alpha value is -1.35. The van der Waals surface area contributed by atoms with Gasteiger partial charge in [0.15, 0.2) is 0 Å². The van der Waals surface area contributed by atoms with Gasteiger partial charge in [-0.1, -0.05) is 0 Å². The summed E-state index contributed by atoms with van der Waals surface area (Å²) >= 11 is 0. The van der Waals surface area contributed by atoms with Gasteiger partial charge < -0.3 is 14.8 Å². The lowest BCUT2D eigenvalue weighted by molar-refractivity contribution is -0.142. The number of hydrogen-bond acceptors (Lipinski definition) is 6. The Morgan fingerprint density at radius 2 is 1.59 bits per heavy atom. The van der Waals surface area contributed by atoms with Crippen LogP contribution in [0.1, 0.15) is 41.5 Å². The number of esters is 1. The Bertz CT molecular complexity index is 502. The summed E-state index contributed by atoms with van der Waals surface area (Å²) in [5, 5.41) is 2.21. The Balaban J connectivity index is 5.02. The van der Waals surface area contributed by atoms with Crippen LogP contribution in [0.25, 0.3) is 0 Å². The second kappa shape index (κ2) is 7.28. The predicted octanol–water partition coefficient (Wildman–Crippen LogP) is 0.771. The van der Waals surface area contributed by atoms with Crippen LogP contribution >= 0.6 is 0 Å².